The van der Waals surface area contributed by atoms with Crippen LogP contribution >= 0.6 is 22.6 Å². The van der Waals surface area contributed by atoms with Gasteiger partial charge in [0.1, 0.15) is 0 Å². The van der Waals surface area contributed by atoms with Gasteiger partial charge in [-0.2, -0.15) is 0 Å². The molecular weight excluding hydrogens is 419 g/mol. The van der Waals surface area contributed by atoms with Crippen molar-refractivity contribution in [1.82, 2.24) is 0 Å². The van der Waals surface area contributed by atoms with E-state index in [0.29, 0.717) is 9.79 Å². The highest BCUT2D eigenvalue weighted by atomic mass is 127. The Hall–Kier alpha value is -1.66. The summed E-state index contributed by atoms with van der Waals surface area (Å²) in [6.45, 7) is 1.94. The van der Waals surface area contributed by atoms with E-state index in [-0.39, 0.29) is 0 Å². The summed E-state index contributed by atoms with van der Waals surface area (Å²) in [4.78, 5) is 0.650. The molecule has 0 amide bonds. The van der Waals surface area contributed by atoms with Crippen LogP contribution in [0.2, 0.25) is 0 Å². The minimum absolute atomic E-state index is 0.324. The van der Waals surface area contributed by atoms with Crippen molar-refractivity contribution in [2.45, 2.75) is 16.7 Å². The van der Waals surface area contributed by atoms with Crippen LogP contribution < -0.4 is 0 Å². The molecule has 2 nitrogen and oxygen atoms in total. The second-order valence-electron chi connectivity index (χ2n) is 5.32. The summed E-state index contributed by atoms with van der Waals surface area (Å²) in [5, 5.41) is 0. The molecule has 0 saturated heterocycles. The normalized spacial score (nSPS) is 11.4. The summed E-state index contributed by atoms with van der Waals surface area (Å²) in [5.41, 5.74) is 3.16. The molecule has 0 radical (unpaired) electrons. The predicted octanol–water partition coefficient (Wildman–Crippen LogP) is 5.10. The van der Waals surface area contributed by atoms with Crippen molar-refractivity contribution in [2.24, 2.45) is 0 Å². The zero-order valence-electron chi connectivity index (χ0n) is 12.5. The van der Waals surface area contributed by atoms with E-state index in [1.807, 2.05) is 55.5 Å². The molecule has 23 heavy (non-hydrogen) atoms. The molecule has 0 atom stereocenters. The first kappa shape index (κ1) is 16.2. The van der Waals surface area contributed by atoms with Gasteiger partial charge in [0.15, 0.2) is 0 Å². The molecule has 4 heteroatoms. The summed E-state index contributed by atoms with van der Waals surface area (Å²) in [6, 6.07) is 22.2. The molecule has 0 heterocycles. The molecular formula is C19H15IO2S. The molecule has 116 valence electrons. The molecule has 0 aromatic heterocycles. The molecule has 0 fully saturated rings. The zero-order chi connectivity index (χ0) is 16.4. The van der Waals surface area contributed by atoms with E-state index in [2.05, 4.69) is 22.6 Å². The predicted molar refractivity (Wildman–Crippen MR) is 101 cm³/mol. The van der Waals surface area contributed by atoms with Gasteiger partial charge in [-0.1, -0.05) is 54.1 Å². The van der Waals surface area contributed by atoms with Crippen molar-refractivity contribution >= 4 is 32.4 Å². The monoisotopic (exact) mass is 434 g/mol. The first-order chi connectivity index (χ1) is 11.0. The smallest absolute Gasteiger partial charge is 0.206 e. The van der Waals surface area contributed by atoms with Crippen LogP contribution in [0.5, 0.6) is 0 Å². The highest BCUT2D eigenvalue weighted by Crippen LogP contribution is 2.29. The maximum atomic E-state index is 12.7. The van der Waals surface area contributed by atoms with Gasteiger partial charge in [0.2, 0.25) is 9.84 Å². The Kier molecular flexibility index (Phi) is 4.55. The van der Waals surface area contributed by atoms with E-state index in [4.69, 9.17) is 0 Å². The fourth-order valence-corrected chi connectivity index (χ4v) is 4.69. The van der Waals surface area contributed by atoms with Gasteiger partial charge in [0, 0.05) is 3.57 Å². The third kappa shape index (κ3) is 3.33. The van der Waals surface area contributed by atoms with Gasteiger partial charge in [-0.3, -0.25) is 0 Å². The first-order valence-corrected chi connectivity index (χ1v) is 9.71. The van der Waals surface area contributed by atoms with Crippen LogP contribution in [0, 0.1) is 10.5 Å². The van der Waals surface area contributed by atoms with Gasteiger partial charge in [-0.05, 0) is 64.9 Å². The molecule has 0 N–H and O–H groups in total. The highest BCUT2D eigenvalue weighted by Gasteiger charge is 2.18. The van der Waals surface area contributed by atoms with Crippen LogP contribution in [0.15, 0.2) is 82.6 Å². The number of rotatable bonds is 3. The van der Waals surface area contributed by atoms with Gasteiger partial charge < -0.3 is 0 Å². The van der Waals surface area contributed by atoms with E-state index >= 15 is 0 Å². The van der Waals surface area contributed by atoms with Crippen LogP contribution in [0.3, 0.4) is 0 Å². The number of hydrogen-bond donors (Lipinski definition) is 0. The van der Waals surface area contributed by atoms with Crippen molar-refractivity contribution in [3.63, 3.8) is 0 Å². The number of hydrogen-bond acceptors (Lipinski definition) is 2. The minimum Gasteiger partial charge on any atom is -0.219 e. The van der Waals surface area contributed by atoms with Gasteiger partial charge >= 0.3 is 0 Å². The van der Waals surface area contributed by atoms with Crippen molar-refractivity contribution in [1.29, 1.82) is 0 Å². The molecule has 0 bridgehead atoms. The van der Waals surface area contributed by atoms with Crippen molar-refractivity contribution in [3.05, 3.63) is 81.9 Å². The van der Waals surface area contributed by atoms with Gasteiger partial charge in [-0.15, -0.1) is 0 Å². The summed E-state index contributed by atoms with van der Waals surface area (Å²) in [5.74, 6) is 0. The van der Waals surface area contributed by atoms with Crippen molar-refractivity contribution in [2.75, 3.05) is 0 Å². The lowest BCUT2D eigenvalue weighted by atomic mass is 10.1. The van der Waals surface area contributed by atoms with E-state index < -0.39 is 9.84 Å². The van der Waals surface area contributed by atoms with Crippen LogP contribution in [0.4, 0.5) is 0 Å². The average molecular weight is 434 g/mol. The Morgan fingerprint density at radius 1 is 0.783 bits per heavy atom. The quantitative estimate of drug-likeness (QED) is 0.538. The zero-order valence-corrected chi connectivity index (χ0v) is 15.5. The van der Waals surface area contributed by atoms with Gasteiger partial charge in [-0.25, -0.2) is 8.42 Å². The Labute approximate surface area is 150 Å². The summed E-state index contributed by atoms with van der Waals surface area (Å²) < 4.78 is 26.4. The maximum absolute atomic E-state index is 12.7. The van der Waals surface area contributed by atoms with Crippen LogP contribution in [-0.2, 0) is 9.84 Å². The summed E-state index contributed by atoms with van der Waals surface area (Å²) in [7, 11) is -3.48. The van der Waals surface area contributed by atoms with E-state index in [1.54, 1.807) is 24.3 Å². The Balaban J connectivity index is 2.05. The largest absolute Gasteiger partial charge is 0.219 e. The standard InChI is InChI=1S/C19H15IO2S/c1-14-7-9-16(10-8-14)23(21,22)17-11-12-18(19(20)13-17)15-5-3-2-4-6-15/h2-13H,1H3. The molecule has 0 unspecified atom stereocenters. The number of sulfone groups is 1. The topological polar surface area (TPSA) is 34.1 Å². The molecule has 3 aromatic rings. The fraction of sp³-hybridized carbons (Fsp3) is 0.0526. The van der Waals surface area contributed by atoms with Gasteiger partial charge in [0.25, 0.3) is 0 Å². The SMILES string of the molecule is Cc1ccc(S(=O)(=O)c2ccc(-c3ccccc3)c(I)c2)cc1. The molecule has 0 aliphatic rings. The Bertz CT molecular complexity index is 931. The fourth-order valence-electron chi connectivity index (χ4n) is 2.37. The number of halogens is 1. The van der Waals surface area contributed by atoms with Crippen LogP contribution in [0.1, 0.15) is 5.56 Å². The Morgan fingerprint density at radius 2 is 1.39 bits per heavy atom. The molecule has 3 rings (SSSR count). The second-order valence-corrected chi connectivity index (χ2v) is 8.44. The maximum Gasteiger partial charge on any atom is 0.206 e. The van der Waals surface area contributed by atoms with E-state index in [9.17, 15) is 8.42 Å². The molecule has 0 aliphatic heterocycles. The first-order valence-electron chi connectivity index (χ1n) is 7.15. The van der Waals surface area contributed by atoms with Crippen molar-refractivity contribution in [3.8, 4) is 11.1 Å². The highest BCUT2D eigenvalue weighted by molar-refractivity contribution is 14.1. The van der Waals surface area contributed by atoms with E-state index in [0.717, 1.165) is 20.3 Å². The minimum atomic E-state index is -3.48. The lowest BCUT2D eigenvalue weighted by Crippen LogP contribution is -2.02. The number of aryl methyl sites for hydroxylation is 1. The number of benzene rings is 3. The lowest BCUT2D eigenvalue weighted by molar-refractivity contribution is 0.596. The third-order valence-corrected chi connectivity index (χ3v) is 6.33. The molecule has 3 aromatic carbocycles. The van der Waals surface area contributed by atoms with E-state index in [1.165, 1.54) is 0 Å². The molecule has 0 aliphatic carbocycles. The summed E-state index contributed by atoms with van der Waals surface area (Å²) in [6.07, 6.45) is 0. The molecule has 0 spiro atoms. The van der Waals surface area contributed by atoms with Crippen LogP contribution in [0.25, 0.3) is 11.1 Å². The lowest BCUT2D eigenvalue weighted by Gasteiger charge is -2.09. The second kappa shape index (κ2) is 6.45. The van der Waals surface area contributed by atoms with Crippen LogP contribution in [-0.4, -0.2) is 8.42 Å². The average Bonchev–Trinajstić information content (AvgIpc) is 2.56. The summed E-state index contributed by atoms with van der Waals surface area (Å²) >= 11 is 2.19. The third-order valence-electron chi connectivity index (χ3n) is 3.67. The van der Waals surface area contributed by atoms with Crippen molar-refractivity contribution < 1.29 is 8.42 Å². The Morgan fingerprint density at radius 3 is 2.00 bits per heavy atom. The molecule has 0 saturated carbocycles. The van der Waals surface area contributed by atoms with Gasteiger partial charge in [0.05, 0.1) is 9.79 Å².